The molecule has 2 aromatic rings. The number of hydrogen-bond donors (Lipinski definition) is 0. The van der Waals surface area contributed by atoms with E-state index in [0.717, 1.165) is 34.5 Å². The first kappa shape index (κ1) is 19.5. The molecule has 3 saturated heterocycles. The zero-order valence-electron chi connectivity index (χ0n) is 17.2. The Balaban J connectivity index is 1.16. The second-order valence-electron chi connectivity index (χ2n) is 8.67. The van der Waals surface area contributed by atoms with Gasteiger partial charge in [0.25, 0.3) is 5.91 Å². The Morgan fingerprint density at radius 1 is 1.23 bits per heavy atom. The average molecular weight is 427 g/mol. The van der Waals surface area contributed by atoms with Crippen LogP contribution in [0.5, 0.6) is 0 Å². The quantitative estimate of drug-likeness (QED) is 0.705. The maximum atomic E-state index is 12.7. The van der Waals surface area contributed by atoms with E-state index in [4.69, 9.17) is 0 Å². The fourth-order valence-electron chi connectivity index (χ4n) is 5.19. The van der Waals surface area contributed by atoms with Crippen molar-refractivity contribution in [3.05, 3.63) is 29.3 Å². The van der Waals surface area contributed by atoms with Crippen molar-refractivity contribution in [2.45, 2.75) is 45.1 Å². The molecule has 5 rings (SSSR count). The smallest absolute Gasteiger partial charge is 0.327 e. The standard InChI is InChI=1S/C22H26N4O3S/c1-2-25-20(28)16-13-22(14-26(16)21(25)29)9-11-24(12-10-22)19(27)8-7-18-23-15-5-3-4-6-17(15)30-18/h3-6,16H,2,7-14H2,1H3. The van der Waals surface area contributed by atoms with Crippen molar-refractivity contribution in [3.63, 3.8) is 0 Å². The van der Waals surface area contributed by atoms with Gasteiger partial charge in [-0.05, 0) is 43.7 Å². The SMILES string of the molecule is CCN1C(=O)C2CC3(CCN(C(=O)CCc4nc5ccccc5s4)CC3)CN2C1=O. The van der Waals surface area contributed by atoms with Crippen LogP contribution in [0.2, 0.25) is 0 Å². The van der Waals surface area contributed by atoms with Crippen LogP contribution >= 0.6 is 11.3 Å². The van der Waals surface area contributed by atoms with Gasteiger partial charge in [0, 0.05) is 39.0 Å². The number of imide groups is 1. The Morgan fingerprint density at radius 2 is 2.00 bits per heavy atom. The van der Waals surface area contributed by atoms with Crippen molar-refractivity contribution in [1.29, 1.82) is 0 Å². The largest absolute Gasteiger partial charge is 0.343 e. The molecule has 3 aliphatic heterocycles. The van der Waals surface area contributed by atoms with Crippen LogP contribution in [-0.2, 0) is 16.0 Å². The number of carbonyl (C=O) groups is 3. The van der Waals surface area contributed by atoms with Gasteiger partial charge in [0.15, 0.2) is 0 Å². The predicted octanol–water partition coefficient (Wildman–Crippen LogP) is 2.89. The summed E-state index contributed by atoms with van der Waals surface area (Å²) in [5.41, 5.74) is 0.983. The number of likely N-dealkylation sites (tertiary alicyclic amines) is 1. The molecule has 4 amide bonds. The summed E-state index contributed by atoms with van der Waals surface area (Å²) in [5.74, 6) is 0.126. The van der Waals surface area contributed by atoms with E-state index >= 15 is 0 Å². The summed E-state index contributed by atoms with van der Waals surface area (Å²) in [6.07, 6.45) is 3.61. The van der Waals surface area contributed by atoms with E-state index in [0.29, 0.717) is 39.0 Å². The first-order chi connectivity index (χ1) is 14.5. The lowest BCUT2D eigenvalue weighted by molar-refractivity contribution is -0.134. The van der Waals surface area contributed by atoms with Crippen molar-refractivity contribution in [3.8, 4) is 0 Å². The van der Waals surface area contributed by atoms with Crippen molar-refractivity contribution < 1.29 is 14.4 Å². The number of nitrogens with zero attached hydrogens (tertiary/aromatic N) is 4. The van der Waals surface area contributed by atoms with Crippen LogP contribution in [0.4, 0.5) is 4.79 Å². The highest BCUT2D eigenvalue weighted by molar-refractivity contribution is 7.18. The molecule has 158 valence electrons. The van der Waals surface area contributed by atoms with Crippen molar-refractivity contribution in [1.82, 2.24) is 19.7 Å². The monoisotopic (exact) mass is 426 g/mol. The van der Waals surface area contributed by atoms with Crippen LogP contribution in [0.3, 0.4) is 0 Å². The molecular formula is C22H26N4O3S. The molecule has 1 atom stereocenters. The number of carbonyl (C=O) groups excluding carboxylic acids is 3. The number of urea groups is 1. The van der Waals surface area contributed by atoms with Crippen LogP contribution in [0.15, 0.2) is 24.3 Å². The Morgan fingerprint density at radius 3 is 2.70 bits per heavy atom. The molecule has 0 bridgehead atoms. The molecule has 0 radical (unpaired) electrons. The first-order valence-electron chi connectivity index (χ1n) is 10.7. The number of benzene rings is 1. The van der Waals surface area contributed by atoms with Gasteiger partial charge in [0.1, 0.15) is 6.04 Å². The van der Waals surface area contributed by atoms with E-state index in [1.165, 1.54) is 4.90 Å². The Hall–Kier alpha value is -2.48. The lowest BCUT2D eigenvalue weighted by Gasteiger charge is -2.39. The van der Waals surface area contributed by atoms with Crippen LogP contribution < -0.4 is 0 Å². The predicted molar refractivity (Wildman–Crippen MR) is 114 cm³/mol. The van der Waals surface area contributed by atoms with Gasteiger partial charge in [-0.25, -0.2) is 9.78 Å². The van der Waals surface area contributed by atoms with Gasteiger partial charge >= 0.3 is 6.03 Å². The van der Waals surface area contributed by atoms with Crippen LogP contribution in [0.1, 0.15) is 37.6 Å². The van der Waals surface area contributed by atoms with Crippen LogP contribution in [0.25, 0.3) is 10.2 Å². The van der Waals surface area contributed by atoms with E-state index in [1.807, 2.05) is 30.0 Å². The molecule has 7 nitrogen and oxygen atoms in total. The Bertz CT molecular complexity index is 952. The number of aryl methyl sites for hydroxylation is 1. The molecule has 1 unspecified atom stereocenters. The number of rotatable bonds is 4. The first-order valence-corrected chi connectivity index (χ1v) is 11.6. The second-order valence-corrected chi connectivity index (χ2v) is 9.78. The number of fused-ring (bicyclic) bond motifs is 2. The van der Waals surface area contributed by atoms with E-state index in [1.54, 1.807) is 16.2 Å². The van der Waals surface area contributed by atoms with Gasteiger partial charge in [0.05, 0.1) is 15.2 Å². The highest BCUT2D eigenvalue weighted by atomic mass is 32.1. The number of thiazole rings is 1. The summed E-state index contributed by atoms with van der Waals surface area (Å²) in [6, 6.07) is 7.62. The normalized spacial score (nSPS) is 23.1. The fourth-order valence-corrected chi connectivity index (χ4v) is 6.16. The Kier molecular flexibility index (Phi) is 4.76. The molecule has 30 heavy (non-hydrogen) atoms. The molecule has 0 aliphatic carbocycles. The third kappa shape index (κ3) is 3.17. The maximum Gasteiger partial charge on any atom is 0.327 e. The van der Waals surface area contributed by atoms with Crippen LogP contribution in [0, 0.1) is 5.41 Å². The maximum absolute atomic E-state index is 12.7. The molecule has 1 spiro atoms. The third-order valence-corrected chi connectivity index (χ3v) is 8.02. The van der Waals surface area contributed by atoms with Gasteiger partial charge < -0.3 is 9.80 Å². The zero-order chi connectivity index (χ0) is 20.9. The number of aromatic nitrogens is 1. The average Bonchev–Trinajstić information content (AvgIpc) is 3.39. The van der Waals surface area contributed by atoms with Crippen molar-refractivity contribution >= 4 is 39.4 Å². The van der Waals surface area contributed by atoms with Gasteiger partial charge in [-0.2, -0.15) is 0 Å². The molecule has 0 N–H and O–H groups in total. The number of amides is 4. The summed E-state index contributed by atoms with van der Waals surface area (Å²) in [4.78, 5) is 47.4. The van der Waals surface area contributed by atoms with E-state index in [-0.39, 0.29) is 29.3 Å². The van der Waals surface area contributed by atoms with E-state index < -0.39 is 0 Å². The molecule has 3 aliphatic rings. The third-order valence-electron chi connectivity index (χ3n) is 6.92. The number of likely N-dealkylation sites (N-methyl/N-ethyl adjacent to an activating group) is 1. The molecule has 1 aromatic carbocycles. The summed E-state index contributed by atoms with van der Waals surface area (Å²) >= 11 is 1.66. The van der Waals surface area contributed by atoms with Crippen molar-refractivity contribution in [2.24, 2.45) is 5.41 Å². The van der Waals surface area contributed by atoms with Gasteiger partial charge in [-0.3, -0.25) is 14.5 Å². The highest BCUT2D eigenvalue weighted by Gasteiger charge is 2.56. The molecule has 3 fully saturated rings. The lowest BCUT2D eigenvalue weighted by Crippen LogP contribution is -2.45. The minimum atomic E-state index is -0.293. The summed E-state index contributed by atoms with van der Waals surface area (Å²) < 4.78 is 1.16. The zero-order valence-corrected chi connectivity index (χ0v) is 18.0. The minimum absolute atomic E-state index is 0.0143. The lowest BCUT2D eigenvalue weighted by atomic mass is 9.76. The summed E-state index contributed by atoms with van der Waals surface area (Å²) in [7, 11) is 0. The minimum Gasteiger partial charge on any atom is -0.343 e. The van der Waals surface area contributed by atoms with Crippen LogP contribution in [-0.4, -0.2) is 69.8 Å². The molecule has 8 heteroatoms. The van der Waals surface area contributed by atoms with Gasteiger partial charge in [0.2, 0.25) is 5.91 Å². The highest BCUT2D eigenvalue weighted by Crippen LogP contribution is 2.46. The van der Waals surface area contributed by atoms with E-state index in [2.05, 4.69) is 11.1 Å². The molecule has 4 heterocycles. The number of hydrogen-bond acceptors (Lipinski definition) is 5. The molecule has 1 aromatic heterocycles. The Labute approximate surface area is 179 Å². The summed E-state index contributed by atoms with van der Waals surface area (Å²) in [5, 5.41) is 1.01. The number of piperidine rings is 1. The van der Waals surface area contributed by atoms with Gasteiger partial charge in [-0.1, -0.05) is 12.1 Å². The topological polar surface area (TPSA) is 73.8 Å². The second kappa shape index (κ2) is 7.34. The van der Waals surface area contributed by atoms with Gasteiger partial charge in [-0.15, -0.1) is 11.3 Å². The summed E-state index contributed by atoms with van der Waals surface area (Å²) in [6.45, 7) is 4.34. The molecular weight excluding hydrogens is 400 g/mol. The number of para-hydroxylation sites is 1. The fraction of sp³-hybridized carbons (Fsp3) is 0.545. The van der Waals surface area contributed by atoms with E-state index in [9.17, 15) is 14.4 Å². The van der Waals surface area contributed by atoms with Crippen molar-refractivity contribution in [2.75, 3.05) is 26.2 Å². The molecule has 0 saturated carbocycles.